The van der Waals surface area contributed by atoms with Crippen LogP contribution < -0.4 is 5.32 Å². The maximum Gasteiger partial charge on any atom is 0.162 e. The van der Waals surface area contributed by atoms with Crippen LogP contribution in [0.4, 0.5) is 0 Å². The molecule has 0 atom stereocenters. The highest BCUT2D eigenvalue weighted by atomic mass is 15.3. The molecule has 0 unspecified atom stereocenters. The van der Waals surface area contributed by atoms with Crippen LogP contribution in [0.25, 0.3) is 16.7 Å². The lowest BCUT2D eigenvalue weighted by Gasteiger charge is -2.18. The smallest absolute Gasteiger partial charge is 0.162 e. The fraction of sp³-hybridized carbons (Fsp3) is 0.214. The summed E-state index contributed by atoms with van der Waals surface area (Å²) >= 11 is 0. The Hall–Kier alpha value is -2.27. The van der Waals surface area contributed by atoms with Crippen molar-refractivity contribution in [2.45, 2.75) is 13.0 Å². The van der Waals surface area contributed by atoms with Crippen LogP contribution in [0.15, 0.2) is 36.8 Å². The highest BCUT2D eigenvalue weighted by Gasteiger charge is 2.17. The molecule has 1 aliphatic rings. The molecule has 0 saturated carbocycles. The summed E-state index contributed by atoms with van der Waals surface area (Å²) in [6.07, 6.45) is 4.46. The van der Waals surface area contributed by atoms with Gasteiger partial charge in [0.1, 0.15) is 6.33 Å². The van der Waals surface area contributed by atoms with E-state index < -0.39 is 0 Å². The van der Waals surface area contributed by atoms with Gasteiger partial charge in [0.15, 0.2) is 5.82 Å². The van der Waals surface area contributed by atoms with Crippen molar-refractivity contribution in [3.05, 3.63) is 48.0 Å². The Kier molecular flexibility index (Phi) is 2.31. The Morgan fingerprint density at radius 1 is 1.16 bits per heavy atom. The van der Waals surface area contributed by atoms with E-state index in [9.17, 15) is 0 Å². The van der Waals surface area contributed by atoms with E-state index in [4.69, 9.17) is 0 Å². The normalized spacial score (nSPS) is 14.5. The third kappa shape index (κ3) is 1.62. The van der Waals surface area contributed by atoms with E-state index in [0.717, 1.165) is 47.5 Å². The summed E-state index contributed by atoms with van der Waals surface area (Å²) in [4.78, 5) is 8.81. The SMILES string of the molecule is c1ccc2c(c1)cnn2-c1ncnc2c1CNCC2. The van der Waals surface area contributed by atoms with Gasteiger partial charge in [0.25, 0.3) is 0 Å². The lowest BCUT2D eigenvalue weighted by Crippen LogP contribution is -2.26. The first-order valence-electron chi connectivity index (χ1n) is 6.40. The van der Waals surface area contributed by atoms with E-state index in [1.165, 1.54) is 0 Å². The molecular formula is C14H13N5. The Morgan fingerprint density at radius 2 is 2.11 bits per heavy atom. The lowest BCUT2D eigenvalue weighted by atomic mass is 10.1. The van der Waals surface area contributed by atoms with E-state index >= 15 is 0 Å². The molecule has 0 spiro atoms. The predicted molar refractivity (Wildman–Crippen MR) is 72.1 cm³/mol. The van der Waals surface area contributed by atoms with Gasteiger partial charge in [-0.1, -0.05) is 18.2 Å². The molecule has 1 N–H and O–H groups in total. The second kappa shape index (κ2) is 4.13. The molecule has 0 radical (unpaired) electrons. The van der Waals surface area contributed by atoms with Gasteiger partial charge in [-0.2, -0.15) is 5.10 Å². The van der Waals surface area contributed by atoms with Crippen molar-refractivity contribution in [1.82, 2.24) is 25.1 Å². The molecular weight excluding hydrogens is 238 g/mol. The molecule has 0 amide bonds. The summed E-state index contributed by atoms with van der Waals surface area (Å²) in [7, 11) is 0. The minimum atomic E-state index is 0.805. The zero-order chi connectivity index (χ0) is 12.7. The van der Waals surface area contributed by atoms with Crippen molar-refractivity contribution in [3.63, 3.8) is 0 Å². The molecule has 4 rings (SSSR count). The van der Waals surface area contributed by atoms with Crippen LogP contribution in [0.2, 0.25) is 0 Å². The molecule has 1 aliphatic heterocycles. The van der Waals surface area contributed by atoms with Crippen LogP contribution in [-0.4, -0.2) is 26.3 Å². The molecule has 1 aromatic carbocycles. The molecule has 0 bridgehead atoms. The number of hydrogen-bond donors (Lipinski definition) is 1. The van der Waals surface area contributed by atoms with E-state index in [1.54, 1.807) is 6.33 Å². The number of rotatable bonds is 1. The van der Waals surface area contributed by atoms with Gasteiger partial charge >= 0.3 is 0 Å². The highest BCUT2D eigenvalue weighted by molar-refractivity contribution is 5.80. The summed E-state index contributed by atoms with van der Waals surface area (Å²) < 4.78 is 1.91. The van der Waals surface area contributed by atoms with Crippen molar-refractivity contribution in [3.8, 4) is 5.82 Å². The summed E-state index contributed by atoms with van der Waals surface area (Å²) in [5.41, 5.74) is 3.36. The van der Waals surface area contributed by atoms with Crippen LogP contribution >= 0.6 is 0 Å². The number of fused-ring (bicyclic) bond motifs is 2. The number of nitrogens with zero attached hydrogens (tertiary/aromatic N) is 4. The monoisotopic (exact) mass is 251 g/mol. The van der Waals surface area contributed by atoms with Gasteiger partial charge in [0.05, 0.1) is 17.4 Å². The molecule has 5 nitrogen and oxygen atoms in total. The second-order valence-corrected chi connectivity index (χ2v) is 4.66. The maximum atomic E-state index is 4.47. The van der Waals surface area contributed by atoms with Gasteiger partial charge in [-0.05, 0) is 6.07 Å². The minimum Gasteiger partial charge on any atom is -0.312 e. The molecule has 5 heteroatoms. The van der Waals surface area contributed by atoms with Crippen molar-refractivity contribution in [2.24, 2.45) is 0 Å². The van der Waals surface area contributed by atoms with Crippen LogP contribution in [0, 0.1) is 0 Å². The summed E-state index contributed by atoms with van der Waals surface area (Å²) in [5.74, 6) is 0.887. The molecule has 94 valence electrons. The lowest BCUT2D eigenvalue weighted by molar-refractivity contribution is 0.617. The van der Waals surface area contributed by atoms with Gasteiger partial charge < -0.3 is 5.32 Å². The summed E-state index contributed by atoms with van der Waals surface area (Å²) in [6.45, 7) is 1.78. The minimum absolute atomic E-state index is 0.805. The number of aromatic nitrogens is 4. The molecule has 3 heterocycles. The Morgan fingerprint density at radius 3 is 3.11 bits per heavy atom. The Balaban J connectivity index is 1.97. The van der Waals surface area contributed by atoms with E-state index in [-0.39, 0.29) is 0 Å². The van der Waals surface area contributed by atoms with Gasteiger partial charge in [0.2, 0.25) is 0 Å². The first kappa shape index (κ1) is 10.6. The van der Waals surface area contributed by atoms with Crippen molar-refractivity contribution >= 4 is 10.9 Å². The van der Waals surface area contributed by atoms with E-state index in [2.05, 4.69) is 32.5 Å². The third-order valence-corrected chi connectivity index (χ3v) is 3.53. The van der Waals surface area contributed by atoms with E-state index in [1.807, 2.05) is 23.0 Å². The second-order valence-electron chi connectivity index (χ2n) is 4.66. The Bertz CT molecular complexity index is 746. The maximum absolute atomic E-state index is 4.47. The topological polar surface area (TPSA) is 55.6 Å². The molecule has 0 saturated heterocycles. The van der Waals surface area contributed by atoms with Crippen LogP contribution in [0.3, 0.4) is 0 Å². The van der Waals surface area contributed by atoms with Crippen LogP contribution in [-0.2, 0) is 13.0 Å². The number of para-hydroxylation sites is 1. The zero-order valence-corrected chi connectivity index (χ0v) is 10.4. The van der Waals surface area contributed by atoms with Crippen LogP contribution in [0.5, 0.6) is 0 Å². The van der Waals surface area contributed by atoms with E-state index in [0.29, 0.717) is 0 Å². The van der Waals surface area contributed by atoms with Crippen molar-refractivity contribution in [2.75, 3.05) is 6.54 Å². The van der Waals surface area contributed by atoms with Crippen LogP contribution in [0.1, 0.15) is 11.3 Å². The summed E-state index contributed by atoms with van der Waals surface area (Å²) in [6, 6.07) is 8.16. The molecule has 19 heavy (non-hydrogen) atoms. The molecule has 0 fully saturated rings. The zero-order valence-electron chi connectivity index (χ0n) is 10.4. The molecule has 0 aliphatic carbocycles. The first-order chi connectivity index (χ1) is 9.43. The first-order valence-corrected chi connectivity index (χ1v) is 6.40. The fourth-order valence-electron chi connectivity index (χ4n) is 2.58. The van der Waals surface area contributed by atoms with Gasteiger partial charge in [-0.25, -0.2) is 14.6 Å². The quantitative estimate of drug-likeness (QED) is 0.711. The fourth-order valence-corrected chi connectivity index (χ4v) is 2.58. The predicted octanol–water partition coefficient (Wildman–Crippen LogP) is 1.46. The third-order valence-electron chi connectivity index (χ3n) is 3.53. The molecule has 2 aromatic heterocycles. The average molecular weight is 251 g/mol. The standard InChI is InChI=1S/C14H13N5/c1-2-4-13-10(3-1)7-18-19(13)14-11-8-15-6-5-12(11)16-9-17-14/h1-4,7,9,15H,5-6,8H2. The summed E-state index contributed by atoms with van der Waals surface area (Å²) in [5, 5.41) is 8.97. The van der Waals surface area contributed by atoms with Gasteiger partial charge in [-0.3, -0.25) is 0 Å². The number of nitrogens with one attached hydrogen (secondary N) is 1. The van der Waals surface area contributed by atoms with Gasteiger partial charge in [0, 0.05) is 30.5 Å². The Labute approximate surface area is 110 Å². The highest BCUT2D eigenvalue weighted by Crippen LogP contribution is 2.21. The van der Waals surface area contributed by atoms with Crippen molar-refractivity contribution in [1.29, 1.82) is 0 Å². The molecule has 3 aromatic rings. The average Bonchev–Trinajstić information content (AvgIpc) is 2.90. The number of benzene rings is 1. The number of hydrogen-bond acceptors (Lipinski definition) is 4. The largest absolute Gasteiger partial charge is 0.312 e. The van der Waals surface area contributed by atoms with Gasteiger partial charge in [-0.15, -0.1) is 0 Å². The van der Waals surface area contributed by atoms with Crippen molar-refractivity contribution < 1.29 is 0 Å².